The summed E-state index contributed by atoms with van der Waals surface area (Å²) in [4.78, 5) is 0. The fraction of sp³-hybridized carbons (Fsp3) is 0.538. The van der Waals surface area contributed by atoms with Gasteiger partial charge in [0.25, 0.3) is 0 Å². The first-order chi connectivity index (χ1) is 7.33. The van der Waals surface area contributed by atoms with Crippen molar-refractivity contribution in [2.75, 3.05) is 6.54 Å². The van der Waals surface area contributed by atoms with Gasteiger partial charge in [0, 0.05) is 13.1 Å². The molecule has 1 rings (SSSR count). The summed E-state index contributed by atoms with van der Waals surface area (Å²) < 4.78 is 0. The maximum atomic E-state index is 9.60. The van der Waals surface area contributed by atoms with Crippen LogP contribution >= 0.6 is 0 Å². The first kappa shape index (κ1) is 12.2. The number of aliphatic hydroxyl groups excluding tert-OH is 1. The predicted molar refractivity (Wildman–Crippen MR) is 63.7 cm³/mol. The second-order valence-electron chi connectivity index (χ2n) is 3.91. The van der Waals surface area contributed by atoms with Crippen LogP contribution in [0.4, 0.5) is 0 Å². The van der Waals surface area contributed by atoms with E-state index in [0.29, 0.717) is 6.54 Å². The Bertz CT molecular complexity index is 248. The second kappa shape index (κ2) is 7.43. The van der Waals surface area contributed by atoms with Gasteiger partial charge >= 0.3 is 0 Å². The van der Waals surface area contributed by atoms with E-state index in [0.717, 1.165) is 25.8 Å². The van der Waals surface area contributed by atoms with E-state index in [1.54, 1.807) is 0 Å². The van der Waals surface area contributed by atoms with Gasteiger partial charge in [0.1, 0.15) is 0 Å². The predicted octanol–water partition coefficient (Wildman–Crippen LogP) is 2.33. The van der Waals surface area contributed by atoms with E-state index in [2.05, 4.69) is 24.4 Å². The number of unbranched alkanes of at least 4 members (excludes halogenated alkanes) is 1. The molecule has 15 heavy (non-hydrogen) atoms. The van der Waals surface area contributed by atoms with Gasteiger partial charge in [-0.25, -0.2) is 0 Å². The molecule has 1 aromatic rings. The van der Waals surface area contributed by atoms with Crippen LogP contribution in [0.3, 0.4) is 0 Å². The van der Waals surface area contributed by atoms with Crippen molar-refractivity contribution in [2.45, 2.75) is 38.8 Å². The summed E-state index contributed by atoms with van der Waals surface area (Å²) in [5, 5.41) is 12.9. The van der Waals surface area contributed by atoms with Gasteiger partial charge in [0.15, 0.2) is 0 Å². The van der Waals surface area contributed by atoms with Crippen molar-refractivity contribution < 1.29 is 5.11 Å². The van der Waals surface area contributed by atoms with E-state index >= 15 is 0 Å². The molecule has 0 aliphatic carbocycles. The summed E-state index contributed by atoms with van der Waals surface area (Å²) in [5.41, 5.74) is 1.26. The number of hydrogen-bond donors (Lipinski definition) is 2. The molecule has 0 radical (unpaired) electrons. The Morgan fingerprint density at radius 3 is 2.67 bits per heavy atom. The normalized spacial score (nSPS) is 12.7. The summed E-state index contributed by atoms with van der Waals surface area (Å²) in [6.07, 6.45) is 2.95. The lowest BCUT2D eigenvalue weighted by molar-refractivity contribution is 0.158. The zero-order valence-corrected chi connectivity index (χ0v) is 9.45. The molecule has 0 saturated carbocycles. The van der Waals surface area contributed by atoms with Gasteiger partial charge in [0.2, 0.25) is 0 Å². The Balaban J connectivity index is 2.11. The second-order valence-corrected chi connectivity index (χ2v) is 3.91. The van der Waals surface area contributed by atoms with Crippen molar-refractivity contribution in [3.05, 3.63) is 35.9 Å². The molecule has 0 amide bonds. The molecular weight excluding hydrogens is 186 g/mol. The molecule has 0 bridgehead atoms. The number of nitrogens with one attached hydrogen (secondary N) is 1. The van der Waals surface area contributed by atoms with E-state index in [9.17, 15) is 5.11 Å². The van der Waals surface area contributed by atoms with Crippen molar-refractivity contribution >= 4 is 0 Å². The van der Waals surface area contributed by atoms with Crippen molar-refractivity contribution in [1.82, 2.24) is 5.32 Å². The van der Waals surface area contributed by atoms with E-state index < -0.39 is 0 Å². The standard InChI is InChI=1S/C13H21NO/c1-2-3-9-13(15)11-14-10-12-7-5-4-6-8-12/h4-8,13-15H,2-3,9-11H2,1H3/t13-/m0/s1. The van der Waals surface area contributed by atoms with Gasteiger partial charge in [-0.2, -0.15) is 0 Å². The minimum atomic E-state index is -0.200. The topological polar surface area (TPSA) is 32.3 Å². The van der Waals surface area contributed by atoms with Crippen LogP contribution in [-0.4, -0.2) is 17.8 Å². The molecule has 84 valence electrons. The quantitative estimate of drug-likeness (QED) is 0.719. The average Bonchev–Trinajstić information content (AvgIpc) is 2.28. The van der Waals surface area contributed by atoms with Crippen molar-refractivity contribution in [3.8, 4) is 0 Å². The molecule has 0 spiro atoms. The molecule has 1 aromatic carbocycles. The summed E-state index contributed by atoms with van der Waals surface area (Å²) in [6, 6.07) is 10.3. The maximum Gasteiger partial charge on any atom is 0.0664 e. The Morgan fingerprint density at radius 1 is 1.27 bits per heavy atom. The Hall–Kier alpha value is -0.860. The van der Waals surface area contributed by atoms with Gasteiger partial charge in [-0.05, 0) is 12.0 Å². The first-order valence-electron chi connectivity index (χ1n) is 5.75. The maximum absolute atomic E-state index is 9.60. The summed E-state index contributed by atoms with van der Waals surface area (Å²) in [5.74, 6) is 0. The SMILES string of the molecule is CCCC[C@H](O)CNCc1ccccc1. The molecule has 0 aliphatic heterocycles. The molecule has 2 N–H and O–H groups in total. The lowest BCUT2D eigenvalue weighted by Crippen LogP contribution is -2.26. The lowest BCUT2D eigenvalue weighted by Gasteiger charge is -2.11. The van der Waals surface area contributed by atoms with E-state index in [1.165, 1.54) is 5.56 Å². The number of hydrogen-bond acceptors (Lipinski definition) is 2. The highest BCUT2D eigenvalue weighted by Gasteiger charge is 2.01. The monoisotopic (exact) mass is 207 g/mol. The van der Waals surface area contributed by atoms with Gasteiger partial charge < -0.3 is 10.4 Å². The first-order valence-corrected chi connectivity index (χ1v) is 5.75. The highest BCUT2D eigenvalue weighted by atomic mass is 16.3. The minimum Gasteiger partial charge on any atom is -0.392 e. The van der Waals surface area contributed by atoms with Gasteiger partial charge in [-0.3, -0.25) is 0 Å². The third-order valence-electron chi connectivity index (χ3n) is 2.44. The average molecular weight is 207 g/mol. The van der Waals surface area contributed by atoms with Crippen LogP contribution in [0.25, 0.3) is 0 Å². The molecule has 0 aromatic heterocycles. The number of benzene rings is 1. The third-order valence-corrected chi connectivity index (χ3v) is 2.44. The molecule has 0 unspecified atom stereocenters. The summed E-state index contributed by atoms with van der Waals surface area (Å²) >= 11 is 0. The number of rotatable bonds is 7. The van der Waals surface area contributed by atoms with E-state index in [1.807, 2.05) is 18.2 Å². The lowest BCUT2D eigenvalue weighted by atomic mass is 10.1. The van der Waals surface area contributed by atoms with Crippen LogP contribution in [0.15, 0.2) is 30.3 Å². The third kappa shape index (κ3) is 5.55. The zero-order valence-electron chi connectivity index (χ0n) is 9.45. The van der Waals surface area contributed by atoms with Crippen LogP contribution in [-0.2, 0) is 6.54 Å². The largest absolute Gasteiger partial charge is 0.392 e. The van der Waals surface area contributed by atoms with E-state index in [4.69, 9.17) is 0 Å². The van der Waals surface area contributed by atoms with Crippen LogP contribution in [0.1, 0.15) is 31.7 Å². The van der Waals surface area contributed by atoms with Crippen LogP contribution in [0.2, 0.25) is 0 Å². The molecule has 0 aliphatic rings. The Morgan fingerprint density at radius 2 is 2.00 bits per heavy atom. The summed E-state index contributed by atoms with van der Waals surface area (Å²) in [6.45, 7) is 3.67. The van der Waals surface area contributed by atoms with Gasteiger partial charge in [-0.15, -0.1) is 0 Å². The van der Waals surface area contributed by atoms with Crippen LogP contribution in [0.5, 0.6) is 0 Å². The minimum absolute atomic E-state index is 0.200. The van der Waals surface area contributed by atoms with E-state index in [-0.39, 0.29) is 6.10 Å². The van der Waals surface area contributed by atoms with Crippen LogP contribution in [0, 0.1) is 0 Å². The van der Waals surface area contributed by atoms with Crippen molar-refractivity contribution in [3.63, 3.8) is 0 Å². The van der Waals surface area contributed by atoms with Crippen LogP contribution < -0.4 is 5.32 Å². The highest BCUT2D eigenvalue weighted by molar-refractivity contribution is 5.14. The smallest absolute Gasteiger partial charge is 0.0664 e. The number of aliphatic hydroxyl groups is 1. The molecule has 0 fully saturated rings. The molecule has 2 heteroatoms. The highest BCUT2D eigenvalue weighted by Crippen LogP contribution is 2.00. The molecular formula is C13H21NO. The van der Waals surface area contributed by atoms with Crippen molar-refractivity contribution in [1.29, 1.82) is 0 Å². The van der Waals surface area contributed by atoms with Gasteiger partial charge in [0.05, 0.1) is 6.10 Å². The Labute approximate surface area is 92.3 Å². The molecule has 1 atom stereocenters. The summed E-state index contributed by atoms with van der Waals surface area (Å²) in [7, 11) is 0. The molecule has 0 saturated heterocycles. The van der Waals surface area contributed by atoms with Crippen molar-refractivity contribution in [2.24, 2.45) is 0 Å². The van der Waals surface area contributed by atoms with Gasteiger partial charge in [-0.1, -0.05) is 50.1 Å². The molecule has 0 heterocycles. The fourth-order valence-electron chi connectivity index (χ4n) is 1.52. The molecule has 2 nitrogen and oxygen atoms in total. The Kier molecular flexibility index (Phi) is 6.05. The fourth-order valence-corrected chi connectivity index (χ4v) is 1.52. The zero-order chi connectivity index (χ0) is 10.9.